The highest BCUT2D eigenvalue weighted by Crippen LogP contribution is 2.25. The maximum atomic E-state index is 12.2. The molecule has 1 fully saturated rings. The first-order valence-corrected chi connectivity index (χ1v) is 9.12. The van der Waals surface area contributed by atoms with E-state index in [1.807, 2.05) is 0 Å². The Kier molecular flexibility index (Phi) is 6.70. The van der Waals surface area contributed by atoms with E-state index in [1.54, 1.807) is 24.3 Å². The van der Waals surface area contributed by atoms with Crippen molar-refractivity contribution in [3.8, 4) is 17.2 Å². The van der Waals surface area contributed by atoms with Crippen molar-refractivity contribution in [2.45, 2.75) is 30.7 Å². The summed E-state index contributed by atoms with van der Waals surface area (Å²) in [6.45, 7) is -0.556. The van der Waals surface area contributed by atoms with Crippen molar-refractivity contribution in [1.29, 1.82) is 0 Å². The van der Waals surface area contributed by atoms with Crippen LogP contribution in [-0.2, 0) is 4.74 Å². The Balaban J connectivity index is 1.65. The van der Waals surface area contributed by atoms with Gasteiger partial charge in [-0.3, -0.25) is 4.79 Å². The normalized spacial score (nSPS) is 26.6. The van der Waals surface area contributed by atoms with E-state index in [0.717, 1.165) is 6.07 Å². The average Bonchev–Trinajstić information content (AvgIpc) is 2.73. The molecule has 2 aromatic carbocycles. The molecule has 0 aliphatic carbocycles. The van der Waals surface area contributed by atoms with E-state index in [-0.39, 0.29) is 17.1 Å². The van der Waals surface area contributed by atoms with E-state index in [4.69, 9.17) is 9.47 Å². The lowest BCUT2D eigenvalue weighted by atomic mass is 9.99. The molecule has 1 heterocycles. The van der Waals surface area contributed by atoms with E-state index >= 15 is 0 Å². The number of aliphatic hydroxyl groups excluding tert-OH is 4. The Bertz CT molecular complexity index is 907. The highest BCUT2D eigenvalue weighted by atomic mass is 16.7. The van der Waals surface area contributed by atoms with E-state index in [2.05, 4.69) is 0 Å². The summed E-state index contributed by atoms with van der Waals surface area (Å²) in [5.41, 5.74) is 0.689. The number of hydrogen-bond donors (Lipinski definition) is 6. The van der Waals surface area contributed by atoms with Crippen molar-refractivity contribution in [1.82, 2.24) is 0 Å². The largest absolute Gasteiger partial charge is 0.508 e. The Morgan fingerprint density at radius 1 is 1.00 bits per heavy atom. The number of carbonyl (C=O) groups excluding carboxylic acids is 1. The Morgan fingerprint density at radius 2 is 1.70 bits per heavy atom. The van der Waals surface area contributed by atoms with Gasteiger partial charge in [0.25, 0.3) is 0 Å². The number of rotatable bonds is 6. The van der Waals surface area contributed by atoms with Crippen LogP contribution in [0.3, 0.4) is 0 Å². The molecule has 0 radical (unpaired) electrons. The number of ketones is 1. The van der Waals surface area contributed by atoms with Gasteiger partial charge < -0.3 is 40.1 Å². The molecule has 3 rings (SSSR count). The summed E-state index contributed by atoms with van der Waals surface area (Å²) in [7, 11) is 0. The summed E-state index contributed by atoms with van der Waals surface area (Å²) in [5, 5.41) is 57.8. The highest BCUT2D eigenvalue weighted by Gasteiger charge is 2.44. The molecule has 0 bridgehead atoms. The van der Waals surface area contributed by atoms with Gasteiger partial charge in [0.2, 0.25) is 6.29 Å². The summed E-state index contributed by atoms with van der Waals surface area (Å²) < 4.78 is 10.8. The smallest absolute Gasteiger partial charge is 0.229 e. The van der Waals surface area contributed by atoms with Gasteiger partial charge in [0, 0.05) is 6.07 Å². The van der Waals surface area contributed by atoms with E-state index in [9.17, 15) is 35.4 Å². The van der Waals surface area contributed by atoms with Gasteiger partial charge in [-0.05, 0) is 35.9 Å². The first kappa shape index (κ1) is 21.8. The zero-order valence-corrected chi connectivity index (χ0v) is 15.7. The summed E-state index contributed by atoms with van der Waals surface area (Å²) in [6.07, 6.45) is -4.10. The van der Waals surface area contributed by atoms with Gasteiger partial charge in [0.1, 0.15) is 41.7 Å². The highest BCUT2D eigenvalue weighted by molar-refractivity contribution is 6.08. The number of ether oxygens (including phenoxy) is 2. The minimum absolute atomic E-state index is 0.0478. The van der Waals surface area contributed by atoms with Gasteiger partial charge >= 0.3 is 0 Å². The number of benzene rings is 2. The maximum absolute atomic E-state index is 12.2. The van der Waals surface area contributed by atoms with Crippen LogP contribution < -0.4 is 4.74 Å². The summed E-state index contributed by atoms with van der Waals surface area (Å²) in [6, 6.07) is 10.0. The van der Waals surface area contributed by atoms with Crippen LogP contribution in [0.1, 0.15) is 15.9 Å². The van der Waals surface area contributed by atoms with Gasteiger partial charge in [0.05, 0.1) is 12.2 Å². The second kappa shape index (κ2) is 9.24. The molecule has 0 spiro atoms. The van der Waals surface area contributed by atoms with E-state index < -0.39 is 43.1 Å². The fourth-order valence-corrected chi connectivity index (χ4v) is 2.95. The van der Waals surface area contributed by atoms with E-state index in [1.165, 1.54) is 24.3 Å². The topological polar surface area (TPSA) is 157 Å². The van der Waals surface area contributed by atoms with Crippen molar-refractivity contribution >= 4 is 11.9 Å². The SMILES string of the molecule is O=C(/C=C/c1ccc(O[C@H]2O[C@H](CO)[C@@H](O)[C@H](O)[C@H]2O)cc1)c1ccc(O)cc1O. The minimum atomic E-state index is -1.54. The van der Waals surface area contributed by atoms with Crippen LogP contribution in [0.2, 0.25) is 0 Å². The van der Waals surface area contributed by atoms with E-state index in [0.29, 0.717) is 11.3 Å². The number of phenolic OH excluding ortho intramolecular Hbond substituents is 2. The van der Waals surface area contributed by atoms with Crippen LogP contribution in [0.15, 0.2) is 48.5 Å². The van der Waals surface area contributed by atoms with Crippen molar-refractivity contribution < 1.29 is 44.9 Å². The molecule has 9 nitrogen and oxygen atoms in total. The third-order valence-electron chi connectivity index (χ3n) is 4.65. The third-order valence-corrected chi connectivity index (χ3v) is 4.65. The number of aromatic hydroxyl groups is 2. The second-order valence-electron chi connectivity index (χ2n) is 6.78. The molecule has 6 N–H and O–H groups in total. The molecule has 1 aliphatic rings. The van der Waals surface area contributed by atoms with Crippen LogP contribution in [0.25, 0.3) is 6.08 Å². The van der Waals surface area contributed by atoms with Crippen molar-refractivity contribution in [3.63, 3.8) is 0 Å². The van der Waals surface area contributed by atoms with Crippen LogP contribution in [0, 0.1) is 0 Å². The molecule has 0 unspecified atom stereocenters. The number of phenols is 2. The van der Waals surface area contributed by atoms with Gasteiger partial charge in [0.15, 0.2) is 5.78 Å². The average molecular weight is 418 g/mol. The predicted octanol–water partition coefficient (Wildman–Crippen LogP) is 0.173. The molecule has 160 valence electrons. The number of carbonyl (C=O) groups is 1. The predicted molar refractivity (Wildman–Crippen MR) is 104 cm³/mol. The number of allylic oxidation sites excluding steroid dienone is 1. The van der Waals surface area contributed by atoms with Crippen LogP contribution in [0.4, 0.5) is 0 Å². The molecule has 2 aromatic rings. The standard InChI is InChI=1S/C21H22O9/c22-10-17-18(26)19(27)20(28)21(30-17)29-13-5-1-11(2-6-13)3-8-15(24)14-7-4-12(23)9-16(14)25/h1-9,17-23,25-28H,10H2/b8-3+/t17-,18-,19+,20-,21+/m1/s1. The van der Waals surface area contributed by atoms with Crippen molar-refractivity contribution in [2.75, 3.05) is 6.61 Å². The van der Waals surface area contributed by atoms with Gasteiger partial charge in [-0.15, -0.1) is 0 Å². The summed E-state index contributed by atoms with van der Waals surface area (Å²) in [4.78, 5) is 12.2. The Labute approximate surface area is 171 Å². The Hall–Kier alpha value is -2.95. The fraction of sp³-hybridized carbons (Fsp3) is 0.286. The molecular formula is C21H22O9. The van der Waals surface area contributed by atoms with Crippen LogP contribution >= 0.6 is 0 Å². The summed E-state index contributed by atoms with van der Waals surface area (Å²) >= 11 is 0. The zero-order chi connectivity index (χ0) is 21.8. The lowest BCUT2D eigenvalue weighted by molar-refractivity contribution is -0.277. The first-order valence-electron chi connectivity index (χ1n) is 9.12. The first-order chi connectivity index (χ1) is 14.3. The van der Waals surface area contributed by atoms with Crippen LogP contribution in [0.5, 0.6) is 17.2 Å². The monoisotopic (exact) mass is 418 g/mol. The lowest BCUT2D eigenvalue weighted by Gasteiger charge is -2.39. The molecule has 5 atom stereocenters. The Morgan fingerprint density at radius 3 is 2.33 bits per heavy atom. The molecule has 9 heteroatoms. The maximum Gasteiger partial charge on any atom is 0.229 e. The second-order valence-corrected chi connectivity index (χ2v) is 6.78. The van der Waals surface area contributed by atoms with Crippen molar-refractivity contribution in [3.05, 3.63) is 59.7 Å². The minimum Gasteiger partial charge on any atom is -0.508 e. The third kappa shape index (κ3) is 4.78. The van der Waals surface area contributed by atoms with Gasteiger partial charge in [-0.1, -0.05) is 18.2 Å². The molecular weight excluding hydrogens is 396 g/mol. The van der Waals surface area contributed by atoms with Gasteiger partial charge in [-0.2, -0.15) is 0 Å². The lowest BCUT2D eigenvalue weighted by Crippen LogP contribution is -2.60. The molecule has 0 saturated carbocycles. The molecule has 1 aliphatic heterocycles. The van der Waals surface area contributed by atoms with Crippen LogP contribution in [-0.4, -0.2) is 73.7 Å². The quantitative estimate of drug-likeness (QED) is 0.284. The molecule has 30 heavy (non-hydrogen) atoms. The van der Waals surface area contributed by atoms with Crippen molar-refractivity contribution in [2.24, 2.45) is 0 Å². The zero-order valence-electron chi connectivity index (χ0n) is 15.7. The molecule has 0 amide bonds. The number of hydrogen-bond acceptors (Lipinski definition) is 9. The number of aliphatic hydroxyl groups is 4. The fourth-order valence-electron chi connectivity index (χ4n) is 2.95. The van der Waals surface area contributed by atoms with Gasteiger partial charge in [-0.25, -0.2) is 0 Å². The molecule has 0 aromatic heterocycles. The summed E-state index contributed by atoms with van der Waals surface area (Å²) in [5.74, 6) is -0.635. The molecule has 1 saturated heterocycles.